The Bertz CT molecular complexity index is 125. The van der Waals surface area contributed by atoms with Crippen LogP contribution in [0.2, 0.25) is 0 Å². The standard InChI is InChI=1S/C7H17N3O/c1-4-11-5-6(2)10-7(8)9-3/h6H,4-5H2,1-3H3,(H3,8,9,10). The van der Waals surface area contributed by atoms with Crippen molar-refractivity contribution >= 4 is 5.96 Å². The maximum Gasteiger partial charge on any atom is 0.188 e. The van der Waals surface area contributed by atoms with Crippen molar-refractivity contribution in [2.24, 2.45) is 10.7 Å². The molecule has 4 nitrogen and oxygen atoms in total. The highest BCUT2D eigenvalue weighted by molar-refractivity contribution is 5.77. The zero-order chi connectivity index (χ0) is 8.69. The average Bonchev–Trinajstić information content (AvgIpc) is 2.00. The van der Waals surface area contributed by atoms with Gasteiger partial charge in [-0.05, 0) is 13.8 Å². The van der Waals surface area contributed by atoms with E-state index in [9.17, 15) is 0 Å². The molecule has 0 amide bonds. The third-order valence-electron chi connectivity index (χ3n) is 1.21. The van der Waals surface area contributed by atoms with Crippen molar-refractivity contribution in [2.75, 3.05) is 20.3 Å². The molecule has 0 radical (unpaired) electrons. The molecule has 0 fully saturated rings. The number of ether oxygens (including phenoxy) is 1. The Kier molecular flexibility index (Phi) is 5.56. The topological polar surface area (TPSA) is 59.6 Å². The van der Waals surface area contributed by atoms with Crippen LogP contribution in [0.15, 0.2) is 4.99 Å². The van der Waals surface area contributed by atoms with Crippen LogP contribution in [-0.2, 0) is 4.74 Å². The predicted molar refractivity (Wildman–Crippen MR) is 46.6 cm³/mol. The minimum Gasteiger partial charge on any atom is -0.380 e. The minimum absolute atomic E-state index is 0.221. The summed E-state index contributed by atoms with van der Waals surface area (Å²) in [7, 11) is 1.65. The molecule has 3 N–H and O–H groups in total. The predicted octanol–water partition coefficient (Wildman–Crippen LogP) is -0.0545. The van der Waals surface area contributed by atoms with Gasteiger partial charge >= 0.3 is 0 Å². The maximum absolute atomic E-state index is 5.43. The second kappa shape index (κ2) is 5.97. The fraction of sp³-hybridized carbons (Fsp3) is 0.857. The van der Waals surface area contributed by atoms with Gasteiger partial charge in [0.05, 0.1) is 6.61 Å². The summed E-state index contributed by atoms with van der Waals surface area (Å²) in [5, 5.41) is 2.97. The second-order valence-corrected chi connectivity index (χ2v) is 2.31. The summed E-state index contributed by atoms with van der Waals surface area (Å²) in [5.74, 6) is 0.456. The summed E-state index contributed by atoms with van der Waals surface area (Å²) in [6.45, 7) is 5.35. The SMILES string of the molecule is CCOCC(C)NC(N)=NC. The number of guanidine groups is 1. The van der Waals surface area contributed by atoms with Gasteiger partial charge in [-0.3, -0.25) is 4.99 Å². The van der Waals surface area contributed by atoms with Gasteiger partial charge in [0, 0.05) is 19.7 Å². The highest BCUT2D eigenvalue weighted by atomic mass is 16.5. The molecule has 1 unspecified atom stereocenters. The Morgan fingerprint density at radius 3 is 2.82 bits per heavy atom. The smallest absolute Gasteiger partial charge is 0.188 e. The van der Waals surface area contributed by atoms with Gasteiger partial charge in [0.2, 0.25) is 0 Å². The van der Waals surface area contributed by atoms with Crippen LogP contribution >= 0.6 is 0 Å². The Labute approximate surface area is 67.8 Å². The summed E-state index contributed by atoms with van der Waals surface area (Å²) in [6, 6.07) is 0.221. The van der Waals surface area contributed by atoms with Crippen molar-refractivity contribution in [3.05, 3.63) is 0 Å². The molecule has 0 aromatic heterocycles. The summed E-state index contributed by atoms with van der Waals surface area (Å²) in [5.41, 5.74) is 5.43. The van der Waals surface area contributed by atoms with E-state index in [4.69, 9.17) is 10.5 Å². The van der Waals surface area contributed by atoms with E-state index in [0.29, 0.717) is 12.6 Å². The van der Waals surface area contributed by atoms with Crippen molar-refractivity contribution in [1.29, 1.82) is 0 Å². The lowest BCUT2D eigenvalue weighted by Crippen LogP contribution is -2.40. The molecule has 0 bridgehead atoms. The number of nitrogens with zero attached hydrogens (tertiary/aromatic N) is 1. The Balaban J connectivity index is 3.43. The maximum atomic E-state index is 5.43. The van der Waals surface area contributed by atoms with Crippen LogP contribution in [0.1, 0.15) is 13.8 Å². The van der Waals surface area contributed by atoms with E-state index in [1.807, 2.05) is 13.8 Å². The molecule has 0 aliphatic rings. The van der Waals surface area contributed by atoms with Crippen LogP contribution in [0.4, 0.5) is 0 Å². The Hall–Kier alpha value is -0.770. The second-order valence-electron chi connectivity index (χ2n) is 2.31. The number of aliphatic imine (C=N–C) groups is 1. The van der Waals surface area contributed by atoms with E-state index in [-0.39, 0.29) is 6.04 Å². The third-order valence-corrected chi connectivity index (χ3v) is 1.21. The van der Waals surface area contributed by atoms with Gasteiger partial charge in [-0.2, -0.15) is 0 Å². The van der Waals surface area contributed by atoms with Gasteiger partial charge in [0.15, 0.2) is 5.96 Å². The number of nitrogens with two attached hydrogens (primary N) is 1. The summed E-state index contributed by atoms with van der Waals surface area (Å²) in [6.07, 6.45) is 0. The van der Waals surface area contributed by atoms with E-state index in [1.54, 1.807) is 7.05 Å². The van der Waals surface area contributed by atoms with Crippen molar-refractivity contribution in [3.8, 4) is 0 Å². The van der Waals surface area contributed by atoms with Crippen LogP contribution in [0.3, 0.4) is 0 Å². The number of rotatable bonds is 4. The first-order valence-corrected chi connectivity index (χ1v) is 3.77. The van der Waals surface area contributed by atoms with Gasteiger partial charge < -0.3 is 15.8 Å². The highest BCUT2D eigenvalue weighted by Crippen LogP contribution is 1.82. The normalized spacial score (nSPS) is 14.6. The number of nitrogens with one attached hydrogen (secondary N) is 1. The first kappa shape index (κ1) is 10.2. The van der Waals surface area contributed by atoms with Crippen molar-refractivity contribution in [2.45, 2.75) is 19.9 Å². The van der Waals surface area contributed by atoms with Gasteiger partial charge in [-0.15, -0.1) is 0 Å². The lowest BCUT2D eigenvalue weighted by Gasteiger charge is -2.13. The lowest BCUT2D eigenvalue weighted by atomic mass is 10.4. The quantitative estimate of drug-likeness (QED) is 0.446. The zero-order valence-electron chi connectivity index (χ0n) is 7.42. The molecular formula is C7H17N3O. The minimum atomic E-state index is 0.221. The van der Waals surface area contributed by atoms with Gasteiger partial charge in [-0.1, -0.05) is 0 Å². The van der Waals surface area contributed by atoms with Crippen molar-refractivity contribution < 1.29 is 4.74 Å². The van der Waals surface area contributed by atoms with Crippen LogP contribution in [-0.4, -0.2) is 32.3 Å². The molecule has 1 atom stereocenters. The molecule has 4 heteroatoms. The molecule has 0 aliphatic heterocycles. The fourth-order valence-corrected chi connectivity index (χ4v) is 0.653. The summed E-state index contributed by atoms with van der Waals surface area (Å²) < 4.78 is 5.17. The van der Waals surface area contributed by atoms with Crippen LogP contribution in [0.5, 0.6) is 0 Å². The molecule has 0 aromatic carbocycles. The number of hydrogen-bond donors (Lipinski definition) is 2. The molecule has 0 aliphatic carbocycles. The number of hydrogen-bond acceptors (Lipinski definition) is 2. The molecule has 0 spiro atoms. The molecule has 0 rings (SSSR count). The first-order valence-electron chi connectivity index (χ1n) is 3.77. The van der Waals surface area contributed by atoms with Gasteiger partial charge in [0.25, 0.3) is 0 Å². The zero-order valence-corrected chi connectivity index (χ0v) is 7.42. The van der Waals surface area contributed by atoms with Crippen LogP contribution in [0, 0.1) is 0 Å². The van der Waals surface area contributed by atoms with E-state index in [1.165, 1.54) is 0 Å². The van der Waals surface area contributed by atoms with Crippen molar-refractivity contribution in [3.63, 3.8) is 0 Å². The van der Waals surface area contributed by atoms with Crippen LogP contribution < -0.4 is 11.1 Å². The molecular weight excluding hydrogens is 142 g/mol. The first-order chi connectivity index (χ1) is 5.20. The van der Waals surface area contributed by atoms with Gasteiger partial charge in [0.1, 0.15) is 0 Å². The Morgan fingerprint density at radius 1 is 1.73 bits per heavy atom. The van der Waals surface area contributed by atoms with E-state index in [2.05, 4.69) is 10.3 Å². The lowest BCUT2D eigenvalue weighted by molar-refractivity contribution is 0.132. The molecule has 0 saturated carbocycles. The van der Waals surface area contributed by atoms with E-state index < -0.39 is 0 Å². The third kappa shape index (κ3) is 5.66. The molecule has 0 saturated heterocycles. The highest BCUT2D eigenvalue weighted by Gasteiger charge is 2.00. The fourth-order valence-electron chi connectivity index (χ4n) is 0.653. The summed E-state index contributed by atoms with van der Waals surface area (Å²) in [4.78, 5) is 3.76. The van der Waals surface area contributed by atoms with Gasteiger partial charge in [-0.25, -0.2) is 0 Å². The van der Waals surface area contributed by atoms with Crippen LogP contribution in [0.25, 0.3) is 0 Å². The molecule has 0 aromatic rings. The molecule has 11 heavy (non-hydrogen) atoms. The van der Waals surface area contributed by atoms with E-state index >= 15 is 0 Å². The Morgan fingerprint density at radius 2 is 2.36 bits per heavy atom. The van der Waals surface area contributed by atoms with Crippen molar-refractivity contribution in [1.82, 2.24) is 5.32 Å². The monoisotopic (exact) mass is 159 g/mol. The summed E-state index contributed by atoms with van der Waals surface area (Å²) >= 11 is 0. The average molecular weight is 159 g/mol. The van der Waals surface area contributed by atoms with E-state index in [0.717, 1.165) is 6.61 Å². The molecule has 0 heterocycles. The largest absolute Gasteiger partial charge is 0.380 e. The molecule has 66 valence electrons.